The van der Waals surface area contributed by atoms with Gasteiger partial charge in [-0.2, -0.15) is 0 Å². The summed E-state index contributed by atoms with van der Waals surface area (Å²) in [5.74, 6) is 0.662. The Hall–Kier alpha value is -0.980. The van der Waals surface area contributed by atoms with Crippen molar-refractivity contribution < 1.29 is 4.74 Å². The van der Waals surface area contributed by atoms with E-state index in [4.69, 9.17) is 4.74 Å². The minimum Gasteiger partial charge on any atom is -0.380 e. The number of hydrogen-bond donors (Lipinski definition) is 1. The minimum absolute atomic E-state index is 0.365. The number of rotatable bonds is 6. The topological polar surface area (TPSA) is 55.2 Å². The normalized spacial score (nSPS) is 24.8. The second-order valence-electron chi connectivity index (χ2n) is 5.34. The molecule has 19 heavy (non-hydrogen) atoms. The second-order valence-corrected chi connectivity index (χ2v) is 5.34. The molecule has 1 aliphatic heterocycles. The highest BCUT2D eigenvalue weighted by atomic mass is 16.5. The molecule has 2 unspecified atom stereocenters. The number of piperidine rings is 1. The molecule has 0 bridgehead atoms. The Morgan fingerprint density at radius 1 is 1.47 bits per heavy atom. The molecule has 1 saturated heterocycles. The third kappa shape index (κ3) is 3.99. The lowest BCUT2D eigenvalue weighted by atomic mass is 9.96. The number of ether oxygens (including phenoxy) is 1. The summed E-state index contributed by atoms with van der Waals surface area (Å²) >= 11 is 0. The molecule has 1 N–H and O–H groups in total. The van der Waals surface area contributed by atoms with Gasteiger partial charge >= 0.3 is 0 Å². The van der Waals surface area contributed by atoms with Gasteiger partial charge in [0, 0.05) is 32.9 Å². The maximum atomic E-state index is 5.54. The summed E-state index contributed by atoms with van der Waals surface area (Å²) in [5.41, 5.74) is 0.990. The monoisotopic (exact) mass is 267 g/mol. The average molecular weight is 267 g/mol. The van der Waals surface area contributed by atoms with Gasteiger partial charge in [0.05, 0.1) is 18.3 Å². The Morgan fingerprint density at radius 2 is 2.32 bits per heavy atom. The number of nitrogens with zero attached hydrogens (tertiary/aromatic N) is 4. The van der Waals surface area contributed by atoms with E-state index in [1.807, 2.05) is 25.0 Å². The van der Waals surface area contributed by atoms with Crippen molar-refractivity contribution in [3.05, 3.63) is 11.9 Å². The van der Waals surface area contributed by atoms with Gasteiger partial charge in [-0.25, -0.2) is 0 Å². The molecule has 0 spiro atoms. The lowest BCUT2D eigenvalue weighted by Gasteiger charge is -2.36. The summed E-state index contributed by atoms with van der Waals surface area (Å²) < 4.78 is 7.46. The fraction of sp³-hybridized carbons (Fsp3) is 0.846. The first-order chi connectivity index (χ1) is 9.22. The predicted molar refractivity (Wildman–Crippen MR) is 73.8 cm³/mol. The maximum Gasteiger partial charge on any atom is 0.0964 e. The Bertz CT molecular complexity index is 381. The summed E-state index contributed by atoms with van der Waals surface area (Å²) in [5, 5.41) is 11.3. The number of methoxy groups -OCH3 is 1. The van der Waals surface area contributed by atoms with Crippen LogP contribution in [-0.2, 0) is 17.8 Å². The number of hydrogen-bond acceptors (Lipinski definition) is 5. The smallest absolute Gasteiger partial charge is 0.0964 e. The van der Waals surface area contributed by atoms with Gasteiger partial charge in [0.1, 0.15) is 0 Å². The van der Waals surface area contributed by atoms with Crippen molar-refractivity contribution in [2.24, 2.45) is 5.92 Å². The molecule has 1 aromatic heterocycles. The van der Waals surface area contributed by atoms with Crippen LogP contribution in [0, 0.1) is 5.92 Å². The molecule has 0 saturated carbocycles. The van der Waals surface area contributed by atoms with Gasteiger partial charge in [0.25, 0.3) is 0 Å². The molecule has 2 rings (SSSR count). The van der Waals surface area contributed by atoms with Crippen molar-refractivity contribution in [3.8, 4) is 0 Å². The predicted octanol–water partition coefficient (Wildman–Crippen LogP) is 0.354. The summed E-state index contributed by atoms with van der Waals surface area (Å²) in [4.78, 5) is 2.45. The molecule has 108 valence electrons. The van der Waals surface area contributed by atoms with Crippen molar-refractivity contribution >= 4 is 0 Å². The Kier molecular flexibility index (Phi) is 5.30. The number of likely N-dealkylation sites (tertiary alicyclic amines) is 1. The van der Waals surface area contributed by atoms with E-state index in [1.165, 1.54) is 6.42 Å². The van der Waals surface area contributed by atoms with Crippen LogP contribution in [0.4, 0.5) is 0 Å². The first-order valence-electron chi connectivity index (χ1n) is 7.01. The van der Waals surface area contributed by atoms with E-state index in [-0.39, 0.29) is 0 Å². The minimum atomic E-state index is 0.365. The highest BCUT2D eigenvalue weighted by Crippen LogP contribution is 2.19. The van der Waals surface area contributed by atoms with Gasteiger partial charge in [-0.1, -0.05) is 12.1 Å². The van der Waals surface area contributed by atoms with Crippen LogP contribution in [0.3, 0.4) is 0 Å². The average Bonchev–Trinajstić information content (AvgIpc) is 2.86. The zero-order valence-electron chi connectivity index (χ0n) is 12.2. The van der Waals surface area contributed by atoms with Gasteiger partial charge in [-0.05, 0) is 25.9 Å². The van der Waals surface area contributed by atoms with Crippen molar-refractivity contribution in [1.82, 2.24) is 25.2 Å². The largest absolute Gasteiger partial charge is 0.380 e. The molecule has 0 amide bonds. The summed E-state index contributed by atoms with van der Waals surface area (Å²) in [6.07, 6.45) is 3.59. The third-order valence-corrected chi connectivity index (χ3v) is 3.87. The van der Waals surface area contributed by atoms with Crippen LogP contribution in [0.15, 0.2) is 6.20 Å². The third-order valence-electron chi connectivity index (χ3n) is 3.87. The Morgan fingerprint density at radius 3 is 3.05 bits per heavy atom. The van der Waals surface area contributed by atoms with E-state index in [9.17, 15) is 0 Å². The second kappa shape index (κ2) is 6.98. The van der Waals surface area contributed by atoms with Gasteiger partial charge in [-0.3, -0.25) is 9.58 Å². The van der Waals surface area contributed by atoms with Crippen molar-refractivity contribution in [3.63, 3.8) is 0 Å². The lowest BCUT2D eigenvalue weighted by Crippen LogP contribution is -2.44. The van der Waals surface area contributed by atoms with Crippen molar-refractivity contribution in [2.45, 2.75) is 32.5 Å². The lowest BCUT2D eigenvalue weighted by molar-refractivity contribution is -0.00598. The Balaban J connectivity index is 1.78. The van der Waals surface area contributed by atoms with Crippen LogP contribution >= 0.6 is 0 Å². The summed E-state index contributed by atoms with van der Waals surface area (Å²) in [7, 11) is 3.73. The fourth-order valence-corrected chi connectivity index (χ4v) is 2.56. The molecule has 2 atom stereocenters. The van der Waals surface area contributed by atoms with Crippen LogP contribution in [0.5, 0.6) is 0 Å². The highest BCUT2D eigenvalue weighted by molar-refractivity contribution is 4.91. The molecule has 0 radical (unpaired) electrons. The fourth-order valence-electron chi connectivity index (χ4n) is 2.56. The van der Waals surface area contributed by atoms with Crippen molar-refractivity contribution in [2.75, 3.05) is 33.8 Å². The summed E-state index contributed by atoms with van der Waals surface area (Å²) in [6.45, 7) is 7.12. The van der Waals surface area contributed by atoms with Crippen molar-refractivity contribution in [1.29, 1.82) is 0 Å². The SMILES string of the molecule is CNCc1cn(CCN2CCC(C)C(OC)C2)nn1. The van der Waals surface area contributed by atoms with E-state index in [1.54, 1.807) is 0 Å². The van der Waals surface area contributed by atoms with E-state index < -0.39 is 0 Å². The molecule has 0 aliphatic carbocycles. The zero-order valence-corrected chi connectivity index (χ0v) is 12.2. The Labute approximate surface area is 115 Å². The standard InChI is InChI=1S/C13H25N5O/c1-11-4-5-17(10-13(11)19-3)6-7-18-9-12(8-14-2)15-16-18/h9,11,13-14H,4-8,10H2,1-3H3. The van der Waals surface area contributed by atoms with E-state index in [0.717, 1.165) is 38.4 Å². The van der Waals surface area contributed by atoms with Gasteiger partial charge in [-0.15, -0.1) is 5.10 Å². The van der Waals surface area contributed by atoms with Gasteiger partial charge < -0.3 is 10.1 Å². The molecule has 1 fully saturated rings. The van der Waals surface area contributed by atoms with Gasteiger partial charge in [0.2, 0.25) is 0 Å². The first kappa shape index (κ1) is 14.4. The van der Waals surface area contributed by atoms with Crippen LogP contribution in [0.25, 0.3) is 0 Å². The van der Waals surface area contributed by atoms with E-state index in [0.29, 0.717) is 12.0 Å². The van der Waals surface area contributed by atoms with Crippen LogP contribution < -0.4 is 5.32 Å². The van der Waals surface area contributed by atoms with Gasteiger partial charge in [0.15, 0.2) is 0 Å². The van der Waals surface area contributed by atoms with E-state index in [2.05, 4.69) is 27.5 Å². The first-order valence-corrected chi connectivity index (χ1v) is 7.01. The molecule has 1 aromatic rings. The number of nitrogens with one attached hydrogen (secondary N) is 1. The quantitative estimate of drug-likeness (QED) is 0.806. The molecule has 2 heterocycles. The molecular weight excluding hydrogens is 242 g/mol. The van der Waals surface area contributed by atoms with Crippen LogP contribution in [-0.4, -0.2) is 59.8 Å². The molecule has 6 nitrogen and oxygen atoms in total. The maximum absolute atomic E-state index is 5.54. The zero-order chi connectivity index (χ0) is 13.7. The number of aromatic nitrogens is 3. The summed E-state index contributed by atoms with van der Waals surface area (Å²) in [6, 6.07) is 0. The van der Waals surface area contributed by atoms with Crippen LogP contribution in [0.2, 0.25) is 0 Å². The highest BCUT2D eigenvalue weighted by Gasteiger charge is 2.25. The molecule has 1 aliphatic rings. The molecule has 6 heteroatoms. The molecule has 0 aromatic carbocycles. The van der Waals surface area contributed by atoms with E-state index >= 15 is 0 Å². The molecular formula is C13H25N5O. The van der Waals surface area contributed by atoms with Crippen LogP contribution in [0.1, 0.15) is 19.0 Å².